The molecule has 2 atom stereocenters. The lowest BCUT2D eigenvalue weighted by molar-refractivity contribution is 0.436. The van der Waals surface area contributed by atoms with E-state index in [0.29, 0.717) is 16.7 Å². The summed E-state index contributed by atoms with van der Waals surface area (Å²) in [5.74, 6) is -0.904. The van der Waals surface area contributed by atoms with Gasteiger partial charge in [0.2, 0.25) is 0 Å². The number of hydrogen-bond acceptors (Lipinski definition) is 3. The Labute approximate surface area is 194 Å². The molecule has 2 N–H and O–H groups in total. The number of phenols is 1. The molecule has 0 aliphatic carbocycles. The molecule has 0 amide bonds. The summed E-state index contributed by atoms with van der Waals surface area (Å²) in [6.07, 6.45) is 0. The molecule has 0 aromatic heterocycles. The lowest BCUT2D eigenvalue weighted by atomic mass is 9.82. The molecule has 5 heteroatoms. The molecule has 0 saturated carbocycles. The van der Waals surface area contributed by atoms with Crippen LogP contribution in [-0.4, -0.2) is 18.1 Å². The Morgan fingerprint density at radius 2 is 1.09 bits per heavy atom. The van der Waals surface area contributed by atoms with Crippen molar-refractivity contribution in [3.63, 3.8) is 0 Å². The molecule has 33 heavy (non-hydrogen) atoms. The average Bonchev–Trinajstić information content (AvgIpc) is 2.83. The van der Waals surface area contributed by atoms with E-state index < -0.39 is 20.8 Å². The SMILES string of the molecule is CC(c1ccccc1)c1cc(C(C)c2ccccc2)c(-c2ccccc2)c(S(=O)(=O)O)c1O. The Morgan fingerprint density at radius 1 is 0.667 bits per heavy atom. The highest BCUT2D eigenvalue weighted by molar-refractivity contribution is 7.86. The zero-order valence-corrected chi connectivity index (χ0v) is 19.3. The maximum Gasteiger partial charge on any atom is 0.298 e. The molecule has 168 valence electrons. The smallest absolute Gasteiger partial charge is 0.298 e. The molecule has 0 saturated heterocycles. The predicted octanol–water partition coefficient (Wildman–Crippen LogP) is 6.61. The summed E-state index contributed by atoms with van der Waals surface area (Å²) < 4.78 is 35.6. The number of hydrogen-bond donors (Lipinski definition) is 2. The molecular formula is C28H26O4S. The van der Waals surface area contributed by atoms with E-state index in [1.54, 1.807) is 24.3 Å². The van der Waals surface area contributed by atoms with Gasteiger partial charge < -0.3 is 5.11 Å². The van der Waals surface area contributed by atoms with E-state index >= 15 is 0 Å². The summed E-state index contributed by atoms with van der Waals surface area (Å²) >= 11 is 0. The first-order valence-corrected chi connectivity index (χ1v) is 12.3. The first-order chi connectivity index (χ1) is 15.8. The summed E-state index contributed by atoms with van der Waals surface area (Å²) in [4.78, 5) is -0.452. The fourth-order valence-electron chi connectivity index (χ4n) is 4.36. The first kappa shape index (κ1) is 22.8. The van der Waals surface area contributed by atoms with Gasteiger partial charge in [0.05, 0.1) is 0 Å². The van der Waals surface area contributed by atoms with Gasteiger partial charge in [0.15, 0.2) is 0 Å². The van der Waals surface area contributed by atoms with Gasteiger partial charge in [-0.3, -0.25) is 4.55 Å². The maximum absolute atomic E-state index is 12.7. The van der Waals surface area contributed by atoms with Crippen LogP contribution in [0, 0.1) is 0 Å². The van der Waals surface area contributed by atoms with Gasteiger partial charge in [0, 0.05) is 23.0 Å². The molecule has 4 nitrogen and oxygen atoms in total. The normalized spacial score (nSPS) is 13.4. The van der Waals surface area contributed by atoms with Gasteiger partial charge >= 0.3 is 0 Å². The number of aromatic hydroxyl groups is 1. The van der Waals surface area contributed by atoms with Crippen molar-refractivity contribution in [2.75, 3.05) is 0 Å². The Balaban J connectivity index is 2.08. The van der Waals surface area contributed by atoms with Gasteiger partial charge in [-0.2, -0.15) is 8.42 Å². The average molecular weight is 459 g/mol. The van der Waals surface area contributed by atoms with Crippen LogP contribution in [0.5, 0.6) is 5.75 Å². The summed E-state index contributed by atoms with van der Waals surface area (Å²) in [6, 6.07) is 30.2. The lowest BCUT2D eigenvalue weighted by Gasteiger charge is -2.25. The molecule has 0 aliphatic heterocycles. The largest absolute Gasteiger partial charge is 0.506 e. The van der Waals surface area contributed by atoms with Crippen LogP contribution in [0.2, 0.25) is 0 Å². The monoisotopic (exact) mass is 458 g/mol. The molecule has 0 aliphatic rings. The Bertz CT molecular complexity index is 1350. The van der Waals surface area contributed by atoms with Crippen LogP contribution >= 0.6 is 0 Å². The lowest BCUT2D eigenvalue weighted by Crippen LogP contribution is -2.10. The van der Waals surface area contributed by atoms with Crippen molar-refractivity contribution in [3.05, 3.63) is 119 Å². The molecular weight excluding hydrogens is 432 g/mol. The number of rotatable bonds is 6. The highest BCUT2D eigenvalue weighted by Gasteiger charge is 2.31. The Hall–Kier alpha value is -3.41. The van der Waals surface area contributed by atoms with Crippen molar-refractivity contribution in [2.45, 2.75) is 30.6 Å². The van der Waals surface area contributed by atoms with Crippen molar-refractivity contribution >= 4 is 10.1 Å². The predicted molar refractivity (Wildman–Crippen MR) is 131 cm³/mol. The first-order valence-electron chi connectivity index (χ1n) is 10.8. The van der Waals surface area contributed by atoms with Gasteiger partial charge in [0.25, 0.3) is 10.1 Å². The zero-order valence-electron chi connectivity index (χ0n) is 18.5. The Morgan fingerprint density at radius 3 is 1.55 bits per heavy atom. The molecule has 0 fully saturated rings. The quantitative estimate of drug-likeness (QED) is 0.319. The van der Waals surface area contributed by atoms with Gasteiger partial charge in [-0.25, -0.2) is 0 Å². The van der Waals surface area contributed by atoms with Crippen molar-refractivity contribution in [1.29, 1.82) is 0 Å². The van der Waals surface area contributed by atoms with Crippen molar-refractivity contribution in [2.24, 2.45) is 0 Å². The van der Waals surface area contributed by atoms with Gasteiger partial charge in [-0.15, -0.1) is 0 Å². The topological polar surface area (TPSA) is 74.6 Å². The third-order valence-corrected chi connectivity index (χ3v) is 7.08. The highest BCUT2D eigenvalue weighted by atomic mass is 32.2. The zero-order chi connectivity index (χ0) is 23.6. The molecule has 4 aromatic rings. The minimum absolute atomic E-state index is 0.191. The molecule has 0 bridgehead atoms. The number of phenolic OH excluding ortho intramolecular Hbond substituents is 1. The summed E-state index contributed by atoms with van der Waals surface area (Å²) in [7, 11) is -4.74. The van der Waals surface area contributed by atoms with E-state index in [4.69, 9.17) is 0 Å². The maximum atomic E-state index is 12.7. The van der Waals surface area contributed by atoms with E-state index in [2.05, 4.69) is 0 Å². The standard InChI is InChI=1S/C28H26O4S/c1-19(21-12-6-3-7-13-21)24-18-25(20(2)22-14-8-4-9-15-22)27(29)28(33(30,31)32)26(24)23-16-10-5-11-17-23/h3-20,29H,1-2H3,(H,30,31,32). The molecule has 0 heterocycles. The molecule has 2 unspecified atom stereocenters. The van der Waals surface area contributed by atoms with Crippen LogP contribution in [0.15, 0.2) is 102 Å². The summed E-state index contributed by atoms with van der Waals surface area (Å²) in [5, 5.41) is 11.2. The van der Waals surface area contributed by atoms with E-state index in [1.807, 2.05) is 86.6 Å². The third kappa shape index (κ3) is 4.56. The molecule has 4 rings (SSSR count). The van der Waals surface area contributed by atoms with Crippen LogP contribution in [0.3, 0.4) is 0 Å². The van der Waals surface area contributed by atoms with Crippen LogP contribution in [0.25, 0.3) is 11.1 Å². The van der Waals surface area contributed by atoms with Crippen LogP contribution < -0.4 is 0 Å². The van der Waals surface area contributed by atoms with E-state index in [-0.39, 0.29) is 11.8 Å². The van der Waals surface area contributed by atoms with Crippen molar-refractivity contribution < 1.29 is 18.1 Å². The van der Waals surface area contributed by atoms with Crippen LogP contribution in [-0.2, 0) is 10.1 Å². The van der Waals surface area contributed by atoms with Crippen molar-refractivity contribution in [1.82, 2.24) is 0 Å². The minimum Gasteiger partial charge on any atom is -0.506 e. The fraction of sp³-hybridized carbons (Fsp3) is 0.143. The molecule has 4 aromatic carbocycles. The summed E-state index contributed by atoms with van der Waals surface area (Å²) in [5.41, 5.74) is 4.02. The number of benzene rings is 4. The molecule has 0 spiro atoms. The highest BCUT2D eigenvalue weighted by Crippen LogP contribution is 2.46. The second-order valence-electron chi connectivity index (χ2n) is 8.21. The fourth-order valence-corrected chi connectivity index (χ4v) is 5.21. The van der Waals surface area contributed by atoms with Gasteiger partial charge in [0.1, 0.15) is 10.6 Å². The third-order valence-electron chi connectivity index (χ3n) is 6.17. The van der Waals surface area contributed by atoms with Gasteiger partial charge in [-0.05, 0) is 22.3 Å². The summed E-state index contributed by atoms with van der Waals surface area (Å²) in [6.45, 7) is 3.91. The Kier molecular flexibility index (Phi) is 6.36. The second-order valence-corrected chi connectivity index (χ2v) is 9.57. The van der Waals surface area contributed by atoms with Crippen molar-refractivity contribution in [3.8, 4) is 16.9 Å². The van der Waals surface area contributed by atoms with E-state index in [9.17, 15) is 18.1 Å². The van der Waals surface area contributed by atoms with E-state index in [0.717, 1.165) is 16.7 Å². The molecule has 0 radical (unpaired) electrons. The van der Waals surface area contributed by atoms with Crippen LogP contribution in [0.4, 0.5) is 0 Å². The minimum atomic E-state index is -4.74. The van der Waals surface area contributed by atoms with Gasteiger partial charge in [-0.1, -0.05) is 111 Å². The van der Waals surface area contributed by atoms with E-state index in [1.165, 1.54) is 0 Å². The second kappa shape index (κ2) is 9.22. The van der Waals surface area contributed by atoms with Crippen LogP contribution in [0.1, 0.15) is 47.9 Å².